The highest BCUT2D eigenvalue weighted by atomic mass is 32.1. The number of fused-ring (bicyclic) bond motifs is 3. The minimum atomic E-state index is 0.493. The van der Waals surface area contributed by atoms with Gasteiger partial charge in [-0.25, -0.2) is 4.98 Å². The first-order valence-electron chi connectivity index (χ1n) is 4.73. The standard InChI is InChI=1S/C10H11N3S/c11-5-9-12-7-1-2-8-6(3-4-14-8)10(7)13-9/h3-4H,1-2,5,11H2,(H,12,13). The number of H-pyrrole nitrogens is 1. The van der Waals surface area contributed by atoms with Gasteiger partial charge >= 0.3 is 0 Å². The molecule has 0 spiro atoms. The van der Waals surface area contributed by atoms with Gasteiger partial charge in [-0.1, -0.05) is 0 Å². The van der Waals surface area contributed by atoms with E-state index in [2.05, 4.69) is 21.4 Å². The number of aromatic amines is 1. The second-order valence-electron chi connectivity index (χ2n) is 3.47. The Hall–Kier alpha value is -1.13. The van der Waals surface area contributed by atoms with E-state index in [1.54, 1.807) is 0 Å². The van der Waals surface area contributed by atoms with Gasteiger partial charge in [0, 0.05) is 16.1 Å². The number of rotatable bonds is 1. The zero-order valence-corrected chi connectivity index (χ0v) is 8.53. The van der Waals surface area contributed by atoms with Crippen LogP contribution in [0.2, 0.25) is 0 Å². The van der Waals surface area contributed by atoms with Crippen LogP contribution in [0.25, 0.3) is 11.3 Å². The minimum absolute atomic E-state index is 0.493. The molecule has 0 saturated heterocycles. The maximum Gasteiger partial charge on any atom is 0.120 e. The van der Waals surface area contributed by atoms with Crippen LogP contribution < -0.4 is 5.73 Å². The molecule has 0 amide bonds. The Bertz CT molecular complexity index is 469. The Morgan fingerprint density at radius 1 is 1.50 bits per heavy atom. The predicted octanol–water partition coefficient (Wildman–Crippen LogP) is 1.70. The molecule has 0 radical (unpaired) electrons. The van der Waals surface area contributed by atoms with Gasteiger partial charge in [0.25, 0.3) is 0 Å². The van der Waals surface area contributed by atoms with E-state index in [4.69, 9.17) is 5.73 Å². The third-order valence-electron chi connectivity index (χ3n) is 2.62. The Labute approximate surface area is 86.0 Å². The van der Waals surface area contributed by atoms with Gasteiger partial charge in [-0.3, -0.25) is 0 Å². The van der Waals surface area contributed by atoms with Crippen molar-refractivity contribution in [1.82, 2.24) is 9.97 Å². The highest BCUT2D eigenvalue weighted by Gasteiger charge is 2.20. The molecule has 0 aromatic carbocycles. The monoisotopic (exact) mass is 205 g/mol. The fraction of sp³-hybridized carbons (Fsp3) is 0.300. The molecule has 0 bridgehead atoms. The molecule has 3 N–H and O–H groups in total. The van der Waals surface area contributed by atoms with Gasteiger partial charge in [0.2, 0.25) is 0 Å². The summed E-state index contributed by atoms with van der Waals surface area (Å²) in [5.41, 5.74) is 9.23. The zero-order valence-electron chi connectivity index (χ0n) is 7.71. The highest BCUT2D eigenvalue weighted by Crippen LogP contribution is 2.34. The van der Waals surface area contributed by atoms with Crippen LogP contribution in [0, 0.1) is 0 Å². The fourth-order valence-electron chi connectivity index (χ4n) is 1.95. The number of hydrogen-bond donors (Lipinski definition) is 2. The summed E-state index contributed by atoms with van der Waals surface area (Å²) in [6.07, 6.45) is 2.20. The van der Waals surface area contributed by atoms with Crippen LogP contribution in [-0.2, 0) is 19.4 Å². The molecule has 0 unspecified atom stereocenters. The summed E-state index contributed by atoms with van der Waals surface area (Å²) in [6, 6.07) is 2.15. The second kappa shape index (κ2) is 2.93. The van der Waals surface area contributed by atoms with Crippen LogP contribution in [0.1, 0.15) is 16.4 Å². The Balaban J connectivity index is 2.20. The predicted molar refractivity (Wildman–Crippen MR) is 57.2 cm³/mol. The van der Waals surface area contributed by atoms with E-state index in [9.17, 15) is 0 Å². The smallest absolute Gasteiger partial charge is 0.120 e. The lowest BCUT2D eigenvalue weighted by Gasteiger charge is -2.09. The second-order valence-corrected chi connectivity index (χ2v) is 4.47. The molecule has 72 valence electrons. The molecule has 2 aromatic rings. The maximum atomic E-state index is 5.57. The van der Waals surface area contributed by atoms with E-state index >= 15 is 0 Å². The van der Waals surface area contributed by atoms with E-state index in [0.717, 1.165) is 24.4 Å². The van der Waals surface area contributed by atoms with E-state index in [0.29, 0.717) is 6.54 Å². The molecule has 2 aromatic heterocycles. The van der Waals surface area contributed by atoms with Crippen LogP contribution in [0.4, 0.5) is 0 Å². The Morgan fingerprint density at radius 2 is 2.43 bits per heavy atom. The summed E-state index contributed by atoms with van der Waals surface area (Å²) in [4.78, 5) is 9.24. The summed E-state index contributed by atoms with van der Waals surface area (Å²) in [6.45, 7) is 0.493. The summed E-state index contributed by atoms with van der Waals surface area (Å²) in [5.74, 6) is 0.897. The summed E-state index contributed by atoms with van der Waals surface area (Å²) >= 11 is 1.82. The average molecular weight is 205 g/mol. The first-order valence-corrected chi connectivity index (χ1v) is 5.61. The van der Waals surface area contributed by atoms with E-state index in [1.807, 2.05) is 11.3 Å². The molecule has 1 aliphatic rings. The molecule has 4 heteroatoms. The number of aromatic nitrogens is 2. The van der Waals surface area contributed by atoms with Crippen molar-refractivity contribution in [3.05, 3.63) is 27.8 Å². The van der Waals surface area contributed by atoms with Crippen molar-refractivity contribution in [2.75, 3.05) is 0 Å². The number of thiophene rings is 1. The van der Waals surface area contributed by atoms with Crippen molar-refractivity contribution in [3.63, 3.8) is 0 Å². The number of imidazole rings is 1. The van der Waals surface area contributed by atoms with E-state index in [1.165, 1.54) is 16.1 Å². The topological polar surface area (TPSA) is 54.7 Å². The van der Waals surface area contributed by atoms with Crippen molar-refractivity contribution >= 4 is 11.3 Å². The SMILES string of the molecule is NCc1nc2c([nH]1)CCc1sccc1-2. The molecule has 0 saturated carbocycles. The largest absolute Gasteiger partial charge is 0.344 e. The Morgan fingerprint density at radius 3 is 3.29 bits per heavy atom. The molecule has 1 aliphatic carbocycles. The van der Waals surface area contributed by atoms with Crippen LogP contribution in [0.5, 0.6) is 0 Å². The first kappa shape index (κ1) is 8.20. The first-order chi connectivity index (χ1) is 6.88. The van der Waals surface area contributed by atoms with Crippen LogP contribution in [-0.4, -0.2) is 9.97 Å². The molecule has 3 rings (SSSR count). The summed E-state index contributed by atoms with van der Waals surface area (Å²) < 4.78 is 0. The molecule has 14 heavy (non-hydrogen) atoms. The number of nitrogens with zero attached hydrogens (tertiary/aromatic N) is 1. The van der Waals surface area contributed by atoms with Crippen LogP contribution >= 0.6 is 11.3 Å². The molecular formula is C10H11N3S. The van der Waals surface area contributed by atoms with E-state index in [-0.39, 0.29) is 0 Å². The number of nitrogens with one attached hydrogen (secondary N) is 1. The minimum Gasteiger partial charge on any atom is -0.344 e. The number of nitrogens with two attached hydrogens (primary N) is 1. The third-order valence-corrected chi connectivity index (χ3v) is 3.60. The molecule has 3 nitrogen and oxygen atoms in total. The summed E-state index contributed by atoms with van der Waals surface area (Å²) in [7, 11) is 0. The molecule has 0 fully saturated rings. The van der Waals surface area contributed by atoms with Gasteiger partial charge in [-0.05, 0) is 24.3 Å². The maximum absolute atomic E-state index is 5.57. The lowest BCUT2D eigenvalue weighted by Crippen LogP contribution is -2.00. The molecule has 2 heterocycles. The van der Waals surface area contributed by atoms with Gasteiger partial charge in [-0.2, -0.15) is 0 Å². The van der Waals surface area contributed by atoms with Crippen molar-refractivity contribution in [1.29, 1.82) is 0 Å². The van der Waals surface area contributed by atoms with Crippen molar-refractivity contribution in [2.24, 2.45) is 5.73 Å². The molecule has 0 aliphatic heterocycles. The Kier molecular flexibility index (Phi) is 1.72. The quantitative estimate of drug-likeness (QED) is 0.744. The normalized spacial score (nSPS) is 13.8. The van der Waals surface area contributed by atoms with Crippen molar-refractivity contribution in [3.8, 4) is 11.3 Å². The lowest BCUT2D eigenvalue weighted by atomic mass is 10.0. The number of aryl methyl sites for hydroxylation is 2. The average Bonchev–Trinajstić information content (AvgIpc) is 2.82. The lowest BCUT2D eigenvalue weighted by molar-refractivity contribution is 0.899. The van der Waals surface area contributed by atoms with Crippen LogP contribution in [0.15, 0.2) is 11.4 Å². The van der Waals surface area contributed by atoms with Gasteiger partial charge < -0.3 is 10.7 Å². The van der Waals surface area contributed by atoms with Gasteiger partial charge in [0.1, 0.15) is 5.82 Å². The molecular weight excluding hydrogens is 194 g/mol. The van der Waals surface area contributed by atoms with Crippen LogP contribution in [0.3, 0.4) is 0 Å². The molecule has 0 atom stereocenters. The fourth-order valence-corrected chi connectivity index (χ4v) is 2.83. The highest BCUT2D eigenvalue weighted by molar-refractivity contribution is 7.10. The van der Waals surface area contributed by atoms with Gasteiger partial charge in [0.05, 0.1) is 12.2 Å². The van der Waals surface area contributed by atoms with Gasteiger partial charge in [0.15, 0.2) is 0 Å². The van der Waals surface area contributed by atoms with E-state index < -0.39 is 0 Å². The third kappa shape index (κ3) is 1.04. The summed E-state index contributed by atoms with van der Waals surface area (Å²) in [5, 5.41) is 2.14. The van der Waals surface area contributed by atoms with Crippen molar-refractivity contribution in [2.45, 2.75) is 19.4 Å². The number of hydrogen-bond acceptors (Lipinski definition) is 3. The van der Waals surface area contributed by atoms with Crippen molar-refractivity contribution < 1.29 is 0 Å². The van der Waals surface area contributed by atoms with Gasteiger partial charge in [-0.15, -0.1) is 11.3 Å². The zero-order chi connectivity index (χ0) is 9.54.